The fraction of sp³-hybridized carbons (Fsp3) is 0.231. The minimum absolute atomic E-state index is 0.163. The van der Waals surface area contributed by atoms with Crippen LogP contribution in [0.3, 0.4) is 0 Å². The molecule has 114 valence electrons. The van der Waals surface area contributed by atoms with Crippen LogP contribution in [0.5, 0.6) is 0 Å². The first-order valence-electron chi connectivity index (χ1n) is 5.71. The lowest BCUT2D eigenvalue weighted by molar-refractivity contribution is -0.142. The van der Waals surface area contributed by atoms with Gasteiger partial charge in [0.1, 0.15) is 6.61 Å². The summed E-state index contributed by atoms with van der Waals surface area (Å²) in [6.45, 7) is -0.163. The highest BCUT2D eigenvalue weighted by Crippen LogP contribution is 2.15. The third-order valence-corrected chi connectivity index (χ3v) is 2.35. The normalized spacial score (nSPS) is 11.2. The molecule has 0 saturated heterocycles. The molecule has 1 aromatic rings. The van der Waals surface area contributed by atoms with Crippen LogP contribution in [0.4, 0.5) is 18.0 Å². The van der Waals surface area contributed by atoms with Gasteiger partial charge in [0, 0.05) is 0 Å². The highest BCUT2D eigenvalue weighted by Gasteiger charge is 2.30. The molecule has 0 heterocycles. The number of methoxy groups -OCH3 is 1. The smallest absolute Gasteiger partial charge is 0.408 e. The van der Waals surface area contributed by atoms with Crippen molar-refractivity contribution in [3.8, 4) is 0 Å². The van der Waals surface area contributed by atoms with E-state index in [9.17, 15) is 22.8 Å². The number of alkyl carbamates (subject to hydrolysis) is 1. The van der Waals surface area contributed by atoms with Gasteiger partial charge in [-0.15, -0.1) is 0 Å². The summed E-state index contributed by atoms with van der Waals surface area (Å²) >= 11 is 0. The molecule has 1 N–H and O–H groups in total. The zero-order valence-corrected chi connectivity index (χ0v) is 10.9. The van der Waals surface area contributed by atoms with Crippen molar-refractivity contribution in [3.05, 3.63) is 47.8 Å². The van der Waals surface area contributed by atoms with E-state index in [4.69, 9.17) is 4.74 Å². The Hall–Kier alpha value is -2.51. The van der Waals surface area contributed by atoms with Crippen LogP contribution in [0.2, 0.25) is 0 Å². The lowest BCUT2D eigenvalue weighted by Gasteiger charge is -2.14. The molecular weight excluding hydrogens is 291 g/mol. The van der Waals surface area contributed by atoms with Gasteiger partial charge in [0.25, 0.3) is 0 Å². The van der Waals surface area contributed by atoms with Crippen LogP contribution in [-0.4, -0.2) is 25.2 Å². The highest BCUT2D eigenvalue weighted by molar-refractivity contribution is 5.83. The molecule has 1 rings (SSSR count). The third kappa shape index (κ3) is 5.17. The van der Waals surface area contributed by atoms with Crippen LogP contribution in [-0.2, 0) is 20.9 Å². The van der Waals surface area contributed by atoms with Crippen molar-refractivity contribution < 1.29 is 32.2 Å². The van der Waals surface area contributed by atoms with Gasteiger partial charge in [-0.1, -0.05) is 30.3 Å². The second-order valence-corrected chi connectivity index (χ2v) is 3.77. The van der Waals surface area contributed by atoms with Crippen molar-refractivity contribution in [3.63, 3.8) is 0 Å². The molecule has 0 aromatic heterocycles. The number of rotatable bonds is 5. The first-order valence-corrected chi connectivity index (χ1v) is 5.71. The second-order valence-electron chi connectivity index (χ2n) is 3.77. The minimum Gasteiger partial charge on any atom is -0.467 e. The minimum atomic E-state index is -2.73. The molecular formula is C13H12F3NO4. The third-order valence-electron chi connectivity index (χ3n) is 2.35. The Morgan fingerprint density at radius 3 is 2.33 bits per heavy atom. The molecule has 0 saturated carbocycles. The lowest BCUT2D eigenvalue weighted by atomic mass is 10.2. The summed E-state index contributed by atoms with van der Waals surface area (Å²) in [7, 11) is 0.871. The van der Waals surface area contributed by atoms with Crippen LogP contribution in [0.1, 0.15) is 5.56 Å². The fourth-order valence-electron chi connectivity index (χ4n) is 1.34. The lowest BCUT2D eigenvalue weighted by Crippen LogP contribution is -2.42. The number of halogens is 3. The first-order chi connectivity index (χ1) is 9.95. The zero-order valence-electron chi connectivity index (χ0n) is 10.9. The van der Waals surface area contributed by atoms with Crippen molar-refractivity contribution in [2.45, 2.75) is 12.6 Å². The van der Waals surface area contributed by atoms with Crippen LogP contribution in [0.15, 0.2) is 42.2 Å². The highest BCUT2D eigenvalue weighted by atomic mass is 19.3. The summed E-state index contributed by atoms with van der Waals surface area (Å²) in [5.74, 6) is -3.48. The predicted octanol–water partition coefficient (Wildman–Crippen LogP) is 2.53. The summed E-state index contributed by atoms with van der Waals surface area (Å²) < 4.78 is 46.3. The molecule has 1 atom stereocenters. The molecule has 0 radical (unpaired) electrons. The van der Waals surface area contributed by atoms with Crippen LogP contribution in [0, 0.1) is 0 Å². The van der Waals surface area contributed by atoms with Gasteiger partial charge in [0.15, 0.2) is 11.9 Å². The molecule has 0 fully saturated rings. The number of carbonyl (C=O) groups excluding carboxylic acids is 2. The Morgan fingerprint density at radius 1 is 1.19 bits per heavy atom. The van der Waals surface area contributed by atoms with Crippen molar-refractivity contribution >= 4 is 12.1 Å². The number of hydrogen-bond donors (Lipinski definition) is 1. The van der Waals surface area contributed by atoms with E-state index in [1.165, 1.54) is 0 Å². The van der Waals surface area contributed by atoms with Crippen molar-refractivity contribution in [1.82, 2.24) is 5.32 Å². The zero-order chi connectivity index (χ0) is 15.8. The maximum absolute atomic E-state index is 13.1. The molecule has 21 heavy (non-hydrogen) atoms. The number of esters is 1. The van der Waals surface area contributed by atoms with Gasteiger partial charge in [-0.05, 0) is 5.56 Å². The largest absolute Gasteiger partial charge is 0.467 e. The van der Waals surface area contributed by atoms with Gasteiger partial charge < -0.3 is 14.8 Å². The van der Waals surface area contributed by atoms with Crippen molar-refractivity contribution in [2.24, 2.45) is 0 Å². The SMILES string of the molecule is COC(=O)C(NC(=O)OCc1ccccc1)C(F)=C(F)F. The summed E-state index contributed by atoms with van der Waals surface area (Å²) in [6.07, 6.45) is -3.96. The van der Waals surface area contributed by atoms with Gasteiger partial charge in [-0.25, -0.2) is 14.0 Å². The average Bonchev–Trinajstić information content (AvgIpc) is 2.50. The van der Waals surface area contributed by atoms with E-state index in [0.717, 1.165) is 7.11 Å². The van der Waals surface area contributed by atoms with Crippen LogP contribution in [0.25, 0.3) is 0 Å². The Labute approximate surface area is 118 Å². The van der Waals surface area contributed by atoms with E-state index in [2.05, 4.69) is 4.74 Å². The van der Waals surface area contributed by atoms with E-state index in [0.29, 0.717) is 5.56 Å². The molecule has 1 aromatic carbocycles. The van der Waals surface area contributed by atoms with Gasteiger partial charge in [0.05, 0.1) is 7.11 Å². The fourth-order valence-corrected chi connectivity index (χ4v) is 1.34. The van der Waals surface area contributed by atoms with Crippen LogP contribution >= 0.6 is 0 Å². The Kier molecular flexibility index (Phi) is 6.25. The molecule has 5 nitrogen and oxygen atoms in total. The Bertz CT molecular complexity index is 529. The predicted molar refractivity (Wildman–Crippen MR) is 65.9 cm³/mol. The maximum Gasteiger partial charge on any atom is 0.408 e. The van der Waals surface area contributed by atoms with E-state index in [1.807, 2.05) is 0 Å². The van der Waals surface area contributed by atoms with E-state index in [1.54, 1.807) is 35.6 Å². The molecule has 0 aliphatic carbocycles. The van der Waals surface area contributed by atoms with E-state index in [-0.39, 0.29) is 6.61 Å². The molecule has 0 bridgehead atoms. The summed E-state index contributed by atoms with van der Waals surface area (Å²) in [5, 5.41) is 1.67. The molecule has 1 amide bonds. The Balaban J connectivity index is 2.65. The average molecular weight is 303 g/mol. The molecule has 0 spiro atoms. The summed E-state index contributed by atoms with van der Waals surface area (Å²) in [5.41, 5.74) is 0.634. The van der Waals surface area contributed by atoms with Gasteiger partial charge in [-0.3, -0.25) is 0 Å². The number of carbonyl (C=O) groups is 2. The van der Waals surface area contributed by atoms with Gasteiger partial charge >= 0.3 is 18.1 Å². The maximum atomic E-state index is 13.1. The second kappa shape index (κ2) is 7.93. The van der Waals surface area contributed by atoms with Gasteiger partial charge in [-0.2, -0.15) is 8.78 Å². The number of hydrogen-bond acceptors (Lipinski definition) is 4. The molecule has 0 aliphatic rings. The number of nitrogens with one attached hydrogen (secondary N) is 1. The standard InChI is InChI=1S/C13H12F3NO4/c1-20-12(18)10(9(14)11(15)16)17-13(19)21-7-8-5-3-2-4-6-8/h2-6,10H,7H2,1H3,(H,17,19). The molecule has 8 heteroatoms. The van der Waals surface area contributed by atoms with Crippen molar-refractivity contribution in [2.75, 3.05) is 7.11 Å². The first kappa shape index (κ1) is 16.5. The molecule has 0 aliphatic heterocycles. The van der Waals surface area contributed by atoms with Crippen LogP contribution < -0.4 is 5.32 Å². The Morgan fingerprint density at radius 2 is 1.81 bits per heavy atom. The summed E-state index contributed by atoms with van der Waals surface area (Å²) in [6, 6.07) is 6.23. The molecule has 1 unspecified atom stereocenters. The van der Waals surface area contributed by atoms with E-state index >= 15 is 0 Å². The van der Waals surface area contributed by atoms with Gasteiger partial charge in [0.2, 0.25) is 0 Å². The van der Waals surface area contributed by atoms with E-state index < -0.39 is 30.0 Å². The topological polar surface area (TPSA) is 64.6 Å². The number of amides is 1. The number of ether oxygens (including phenoxy) is 2. The summed E-state index contributed by atoms with van der Waals surface area (Å²) in [4.78, 5) is 22.6. The monoisotopic (exact) mass is 303 g/mol. The quantitative estimate of drug-likeness (QED) is 0.849. The number of benzene rings is 1. The van der Waals surface area contributed by atoms with Crippen molar-refractivity contribution in [1.29, 1.82) is 0 Å².